The molecule has 0 spiro atoms. The molecule has 0 saturated carbocycles. The van der Waals surface area contributed by atoms with E-state index in [1.807, 2.05) is 0 Å². The molecule has 1 nitrogen and oxygen atoms in total. The van der Waals surface area contributed by atoms with Gasteiger partial charge in [-0.25, -0.2) is 0 Å². The minimum Gasteiger partial charge on any atom is -0.372 e. The zero-order valence-electron chi connectivity index (χ0n) is 11.6. The van der Waals surface area contributed by atoms with Gasteiger partial charge in [0.05, 0.1) is 0 Å². The fraction of sp³-hybridized carbons (Fsp3) is 0.353. The Morgan fingerprint density at radius 1 is 1.06 bits per heavy atom. The van der Waals surface area contributed by atoms with Crippen LogP contribution in [0.15, 0.2) is 42.0 Å². The quantitative estimate of drug-likeness (QED) is 0.750. The Bertz CT molecular complexity index is 447. The Labute approximate surface area is 111 Å². The minimum absolute atomic E-state index is 1.05. The van der Waals surface area contributed by atoms with Crippen LogP contribution < -0.4 is 4.90 Å². The Kier molecular flexibility index (Phi) is 4.24. The molecule has 0 fully saturated rings. The van der Waals surface area contributed by atoms with Crippen LogP contribution in [0.1, 0.15) is 32.8 Å². The van der Waals surface area contributed by atoms with Crippen molar-refractivity contribution in [2.45, 2.75) is 27.2 Å². The lowest BCUT2D eigenvalue weighted by atomic mass is 9.94. The zero-order valence-corrected chi connectivity index (χ0v) is 11.6. The molecule has 0 bridgehead atoms. The van der Waals surface area contributed by atoms with Crippen molar-refractivity contribution >= 4 is 11.3 Å². The van der Waals surface area contributed by atoms with Gasteiger partial charge in [-0.3, -0.25) is 0 Å². The van der Waals surface area contributed by atoms with Crippen LogP contribution in [-0.2, 0) is 0 Å². The van der Waals surface area contributed by atoms with Gasteiger partial charge in [-0.2, -0.15) is 0 Å². The molecule has 0 N–H and O–H groups in total. The van der Waals surface area contributed by atoms with E-state index >= 15 is 0 Å². The predicted molar refractivity (Wildman–Crippen MR) is 80.7 cm³/mol. The number of hydrogen-bond donors (Lipinski definition) is 0. The standard InChI is InChI=1S/C17H22N/c1-4-18(5-2)17-11-9-15(10-12-17)16-8-6-7-14(3)13-16/h7-13H,4-6H2,1-3H3. The molecule has 0 atom stereocenters. The van der Waals surface area contributed by atoms with Gasteiger partial charge >= 0.3 is 0 Å². The number of anilines is 1. The third-order valence-electron chi connectivity index (χ3n) is 3.49. The van der Waals surface area contributed by atoms with Crippen LogP contribution in [0, 0.1) is 6.42 Å². The second-order valence-corrected chi connectivity index (χ2v) is 4.71. The number of nitrogens with zero attached hydrogens (tertiary/aromatic N) is 1. The van der Waals surface area contributed by atoms with Crippen LogP contribution in [-0.4, -0.2) is 13.1 Å². The normalized spacial score (nSPS) is 15.1. The summed E-state index contributed by atoms with van der Waals surface area (Å²) in [7, 11) is 0. The molecule has 0 aliphatic heterocycles. The van der Waals surface area contributed by atoms with Gasteiger partial charge in [0.15, 0.2) is 0 Å². The van der Waals surface area contributed by atoms with Gasteiger partial charge in [0.25, 0.3) is 0 Å². The average Bonchev–Trinajstić information content (AvgIpc) is 2.41. The minimum atomic E-state index is 1.05. The monoisotopic (exact) mass is 240 g/mol. The van der Waals surface area contributed by atoms with Crippen LogP contribution in [0.5, 0.6) is 0 Å². The fourth-order valence-electron chi connectivity index (χ4n) is 2.39. The second-order valence-electron chi connectivity index (χ2n) is 4.71. The highest BCUT2D eigenvalue weighted by Crippen LogP contribution is 2.27. The molecule has 0 unspecified atom stereocenters. The second kappa shape index (κ2) is 5.90. The first kappa shape index (κ1) is 12.9. The maximum Gasteiger partial charge on any atom is 0.0366 e. The summed E-state index contributed by atoms with van der Waals surface area (Å²) in [6.45, 7) is 8.68. The van der Waals surface area contributed by atoms with E-state index < -0.39 is 0 Å². The molecule has 1 aliphatic carbocycles. The van der Waals surface area contributed by atoms with Gasteiger partial charge in [0.2, 0.25) is 0 Å². The molecule has 1 aromatic carbocycles. The van der Waals surface area contributed by atoms with Gasteiger partial charge in [0, 0.05) is 18.8 Å². The summed E-state index contributed by atoms with van der Waals surface area (Å²) >= 11 is 0. The number of hydrogen-bond acceptors (Lipinski definition) is 1. The van der Waals surface area contributed by atoms with E-state index in [1.54, 1.807) is 0 Å². The third kappa shape index (κ3) is 2.84. The Morgan fingerprint density at radius 3 is 2.28 bits per heavy atom. The van der Waals surface area contributed by atoms with E-state index in [2.05, 4.69) is 68.5 Å². The molecule has 0 aromatic heterocycles. The predicted octanol–water partition coefficient (Wildman–Crippen LogP) is 4.47. The highest BCUT2D eigenvalue weighted by atomic mass is 15.1. The Morgan fingerprint density at radius 2 is 1.72 bits per heavy atom. The van der Waals surface area contributed by atoms with Gasteiger partial charge in [-0.15, -0.1) is 0 Å². The van der Waals surface area contributed by atoms with Gasteiger partial charge in [0.1, 0.15) is 0 Å². The molecule has 1 aliphatic rings. The summed E-state index contributed by atoms with van der Waals surface area (Å²) in [6, 6.07) is 8.92. The van der Waals surface area contributed by atoms with Crippen molar-refractivity contribution in [2.75, 3.05) is 18.0 Å². The van der Waals surface area contributed by atoms with Gasteiger partial charge < -0.3 is 4.90 Å². The van der Waals surface area contributed by atoms with E-state index in [1.165, 1.54) is 22.4 Å². The van der Waals surface area contributed by atoms with Gasteiger partial charge in [-0.1, -0.05) is 29.9 Å². The van der Waals surface area contributed by atoms with Crippen LogP contribution in [0.25, 0.3) is 5.57 Å². The number of rotatable bonds is 4. The van der Waals surface area contributed by atoms with Crippen LogP contribution in [0.4, 0.5) is 5.69 Å². The van der Waals surface area contributed by atoms with Gasteiger partial charge in [-0.05, 0) is 56.9 Å². The number of allylic oxidation sites excluding steroid dienone is 4. The topological polar surface area (TPSA) is 3.24 Å². The first-order valence-corrected chi connectivity index (χ1v) is 6.81. The first-order chi connectivity index (χ1) is 8.74. The first-order valence-electron chi connectivity index (χ1n) is 6.81. The Balaban J connectivity index is 2.20. The average molecular weight is 240 g/mol. The van der Waals surface area contributed by atoms with Crippen molar-refractivity contribution in [3.05, 3.63) is 54.0 Å². The van der Waals surface area contributed by atoms with E-state index in [0.29, 0.717) is 0 Å². The van der Waals surface area contributed by atoms with Crippen molar-refractivity contribution in [2.24, 2.45) is 0 Å². The summed E-state index contributed by atoms with van der Waals surface area (Å²) in [5.41, 5.74) is 5.34. The van der Waals surface area contributed by atoms with E-state index in [4.69, 9.17) is 0 Å². The molecule has 95 valence electrons. The smallest absolute Gasteiger partial charge is 0.0366 e. The zero-order chi connectivity index (χ0) is 13.0. The van der Waals surface area contributed by atoms with Crippen LogP contribution >= 0.6 is 0 Å². The summed E-state index contributed by atoms with van der Waals surface area (Å²) in [5, 5.41) is 0. The summed E-state index contributed by atoms with van der Waals surface area (Å²) in [4.78, 5) is 2.37. The fourth-order valence-corrected chi connectivity index (χ4v) is 2.39. The van der Waals surface area contributed by atoms with Crippen LogP contribution in [0.2, 0.25) is 0 Å². The SMILES string of the molecule is CCN(CC)c1ccc(C2=CC(C)=CC[CH]2)cc1. The molecule has 1 heteroatoms. The highest BCUT2D eigenvalue weighted by Gasteiger charge is 2.07. The Hall–Kier alpha value is -1.50. The summed E-state index contributed by atoms with van der Waals surface area (Å²) in [6.07, 6.45) is 7.86. The molecule has 1 aromatic rings. The lowest BCUT2D eigenvalue weighted by Gasteiger charge is -2.21. The molecular formula is C17H22N. The van der Waals surface area contributed by atoms with Crippen molar-refractivity contribution in [1.82, 2.24) is 0 Å². The largest absolute Gasteiger partial charge is 0.372 e. The molecule has 2 rings (SSSR count). The van der Waals surface area contributed by atoms with Crippen molar-refractivity contribution in [3.8, 4) is 0 Å². The van der Waals surface area contributed by atoms with E-state index in [0.717, 1.165) is 19.5 Å². The van der Waals surface area contributed by atoms with E-state index in [-0.39, 0.29) is 0 Å². The van der Waals surface area contributed by atoms with E-state index in [9.17, 15) is 0 Å². The molecule has 18 heavy (non-hydrogen) atoms. The molecule has 0 amide bonds. The molecular weight excluding hydrogens is 218 g/mol. The lowest BCUT2D eigenvalue weighted by Crippen LogP contribution is -2.21. The summed E-state index contributed by atoms with van der Waals surface area (Å²) in [5.74, 6) is 0. The number of benzene rings is 1. The van der Waals surface area contributed by atoms with Crippen LogP contribution in [0.3, 0.4) is 0 Å². The maximum atomic E-state index is 2.37. The highest BCUT2D eigenvalue weighted by molar-refractivity contribution is 5.76. The summed E-state index contributed by atoms with van der Waals surface area (Å²) < 4.78 is 0. The third-order valence-corrected chi connectivity index (χ3v) is 3.49. The van der Waals surface area contributed by atoms with Crippen molar-refractivity contribution in [1.29, 1.82) is 0 Å². The maximum absolute atomic E-state index is 2.37. The lowest BCUT2D eigenvalue weighted by molar-refractivity contribution is 0.866. The molecule has 0 heterocycles. The molecule has 0 saturated heterocycles. The molecule has 1 radical (unpaired) electrons. The van der Waals surface area contributed by atoms with Crippen molar-refractivity contribution in [3.63, 3.8) is 0 Å². The van der Waals surface area contributed by atoms with Crippen molar-refractivity contribution < 1.29 is 0 Å².